The van der Waals surface area contributed by atoms with Crippen molar-refractivity contribution in [2.45, 2.75) is 20.0 Å². The lowest BCUT2D eigenvalue weighted by Gasteiger charge is -2.36. The van der Waals surface area contributed by atoms with Crippen LogP contribution in [-0.2, 0) is 27.4 Å². The van der Waals surface area contributed by atoms with Gasteiger partial charge in [0, 0.05) is 38.8 Å². The second-order valence-corrected chi connectivity index (χ2v) is 6.44. The fourth-order valence-corrected chi connectivity index (χ4v) is 3.18. The van der Waals surface area contributed by atoms with E-state index in [1.54, 1.807) is 6.92 Å². The Bertz CT molecular complexity index is 753. The third-order valence-electron chi connectivity index (χ3n) is 4.63. The first-order valence-corrected chi connectivity index (χ1v) is 8.91. The van der Waals surface area contributed by atoms with Crippen LogP contribution in [0.15, 0.2) is 54.6 Å². The van der Waals surface area contributed by atoms with E-state index in [9.17, 15) is 9.59 Å². The molecule has 0 radical (unpaired) electrons. The standard InChI is InChI=1S/C21H24N2O3/c1-17(24)22-11-13-23(14-12-22)20-10-6-5-9-19(20)15-21(25)26-16-18-7-3-2-4-8-18/h2-10H,11-16H2,1H3. The number of hydrogen-bond acceptors (Lipinski definition) is 4. The molecule has 1 heterocycles. The molecule has 0 aromatic heterocycles. The van der Waals surface area contributed by atoms with Gasteiger partial charge in [-0.2, -0.15) is 0 Å². The van der Waals surface area contributed by atoms with Crippen LogP contribution in [0, 0.1) is 0 Å². The van der Waals surface area contributed by atoms with E-state index >= 15 is 0 Å². The van der Waals surface area contributed by atoms with Crippen LogP contribution in [0.1, 0.15) is 18.1 Å². The summed E-state index contributed by atoms with van der Waals surface area (Å²) in [5, 5.41) is 0. The van der Waals surface area contributed by atoms with Crippen LogP contribution in [0.25, 0.3) is 0 Å². The summed E-state index contributed by atoms with van der Waals surface area (Å²) in [7, 11) is 0. The highest BCUT2D eigenvalue weighted by molar-refractivity contribution is 5.76. The molecule has 26 heavy (non-hydrogen) atoms. The fourth-order valence-electron chi connectivity index (χ4n) is 3.18. The van der Waals surface area contributed by atoms with E-state index in [2.05, 4.69) is 4.90 Å². The lowest BCUT2D eigenvalue weighted by molar-refractivity contribution is -0.144. The monoisotopic (exact) mass is 352 g/mol. The fraction of sp³-hybridized carbons (Fsp3) is 0.333. The van der Waals surface area contributed by atoms with Crippen molar-refractivity contribution in [3.8, 4) is 0 Å². The van der Waals surface area contributed by atoms with Gasteiger partial charge in [-0.15, -0.1) is 0 Å². The topological polar surface area (TPSA) is 49.9 Å². The molecule has 0 atom stereocenters. The molecule has 3 rings (SSSR count). The van der Waals surface area contributed by atoms with Crippen LogP contribution in [0.3, 0.4) is 0 Å². The lowest BCUT2D eigenvalue weighted by atomic mass is 10.1. The van der Waals surface area contributed by atoms with Crippen LogP contribution in [0.4, 0.5) is 5.69 Å². The molecule has 1 aliphatic rings. The van der Waals surface area contributed by atoms with Crippen LogP contribution in [0.2, 0.25) is 0 Å². The summed E-state index contributed by atoms with van der Waals surface area (Å²) in [6.07, 6.45) is 0.246. The van der Waals surface area contributed by atoms with Gasteiger partial charge in [0.25, 0.3) is 0 Å². The molecule has 5 heteroatoms. The minimum Gasteiger partial charge on any atom is -0.461 e. The van der Waals surface area contributed by atoms with E-state index in [0.717, 1.165) is 29.9 Å². The highest BCUT2D eigenvalue weighted by Gasteiger charge is 2.21. The zero-order valence-electron chi connectivity index (χ0n) is 15.1. The van der Waals surface area contributed by atoms with Gasteiger partial charge in [0.15, 0.2) is 0 Å². The molecular weight excluding hydrogens is 328 g/mol. The number of hydrogen-bond donors (Lipinski definition) is 0. The quantitative estimate of drug-likeness (QED) is 0.776. The zero-order chi connectivity index (χ0) is 18.4. The predicted molar refractivity (Wildman–Crippen MR) is 101 cm³/mol. The van der Waals surface area contributed by atoms with Crippen molar-refractivity contribution >= 4 is 17.6 Å². The number of ether oxygens (including phenoxy) is 1. The maximum Gasteiger partial charge on any atom is 0.310 e. The number of carbonyl (C=O) groups excluding carboxylic acids is 2. The average Bonchev–Trinajstić information content (AvgIpc) is 2.68. The van der Waals surface area contributed by atoms with Gasteiger partial charge in [0.2, 0.25) is 5.91 Å². The SMILES string of the molecule is CC(=O)N1CCN(c2ccccc2CC(=O)OCc2ccccc2)CC1. The Balaban J connectivity index is 1.60. The highest BCUT2D eigenvalue weighted by atomic mass is 16.5. The van der Waals surface area contributed by atoms with E-state index in [1.807, 2.05) is 59.5 Å². The molecular formula is C21H24N2O3. The number of piperazine rings is 1. The summed E-state index contributed by atoms with van der Waals surface area (Å²) < 4.78 is 5.41. The van der Waals surface area contributed by atoms with E-state index in [-0.39, 0.29) is 18.3 Å². The first-order valence-electron chi connectivity index (χ1n) is 8.91. The molecule has 1 saturated heterocycles. The highest BCUT2D eigenvalue weighted by Crippen LogP contribution is 2.23. The third kappa shape index (κ3) is 4.63. The number of amides is 1. The van der Waals surface area contributed by atoms with Gasteiger partial charge in [-0.05, 0) is 17.2 Å². The summed E-state index contributed by atoms with van der Waals surface area (Å²) in [5.41, 5.74) is 2.99. The second kappa shape index (κ2) is 8.52. The van der Waals surface area contributed by atoms with Crippen molar-refractivity contribution in [3.63, 3.8) is 0 Å². The minimum absolute atomic E-state index is 0.113. The van der Waals surface area contributed by atoms with Gasteiger partial charge in [-0.25, -0.2) is 0 Å². The molecule has 0 aliphatic carbocycles. The molecule has 0 spiro atoms. The molecule has 1 aliphatic heterocycles. The first-order chi connectivity index (χ1) is 12.6. The molecule has 136 valence electrons. The van der Waals surface area contributed by atoms with Crippen molar-refractivity contribution < 1.29 is 14.3 Å². The smallest absolute Gasteiger partial charge is 0.310 e. The molecule has 0 bridgehead atoms. The second-order valence-electron chi connectivity index (χ2n) is 6.44. The maximum absolute atomic E-state index is 12.3. The Morgan fingerprint density at radius 1 is 0.923 bits per heavy atom. The van der Waals surface area contributed by atoms with Crippen molar-refractivity contribution in [1.29, 1.82) is 0 Å². The zero-order valence-corrected chi connectivity index (χ0v) is 15.1. The maximum atomic E-state index is 12.3. The molecule has 5 nitrogen and oxygen atoms in total. The number of rotatable bonds is 5. The predicted octanol–water partition coefficient (Wildman–Crippen LogP) is 2.64. The Kier molecular flexibility index (Phi) is 5.89. The average molecular weight is 352 g/mol. The Labute approximate surface area is 154 Å². The van der Waals surface area contributed by atoms with Gasteiger partial charge < -0.3 is 14.5 Å². The van der Waals surface area contributed by atoms with Gasteiger partial charge in [0.1, 0.15) is 6.61 Å². The van der Waals surface area contributed by atoms with Gasteiger partial charge >= 0.3 is 5.97 Å². The lowest BCUT2D eigenvalue weighted by Crippen LogP contribution is -2.48. The summed E-state index contributed by atoms with van der Waals surface area (Å²) in [5.74, 6) is -0.119. The summed E-state index contributed by atoms with van der Waals surface area (Å²) in [4.78, 5) is 27.8. The van der Waals surface area contributed by atoms with E-state index in [0.29, 0.717) is 19.7 Å². The Morgan fingerprint density at radius 3 is 2.27 bits per heavy atom. The van der Waals surface area contributed by atoms with Gasteiger partial charge in [0.05, 0.1) is 6.42 Å². The number of carbonyl (C=O) groups is 2. The van der Waals surface area contributed by atoms with Crippen molar-refractivity contribution in [2.75, 3.05) is 31.1 Å². The Hall–Kier alpha value is -2.82. The molecule has 2 aromatic rings. The van der Waals surface area contributed by atoms with E-state index < -0.39 is 0 Å². The van der Waals surface area contributed by atoms with Crippen molar-refractivity contribution in [3.05, 3.63) is 65.7 Å². The summed E-state index contributed by atoms with van der Waals surface area (Å²) in [6, 6.07) is 17.6. The van der Waals surface area contributed by atoms with E-state index in [1.165, 1.54) is 0 Å². The van der Waals surface area contributed by atoms with Crippen molar-refractivity contribution in [1.82, 2.24) is 4.90 Å². The molecule has 2 aromatic carbocycles. The van der Waals surface area contributed by atoms with Crippen LogP contribution < -0.4 is 4.90 Å². The summed E-state index contributed by atoms with van der Waals surface area (Å²) >= 11 is 0. The third-order valence-corrected chi connectivity index (χ3v) is 4.63. The number of anilines is 1. The largest absolute Gasteiger partial charge is 0.461 e. The van der Waals surface area contributed by atoms with Gasteiger partial charge in [-0.3, -0.25) is 9.59 Å². The number of benzene rings is 2. The number of esters is 1. The van der Waals surface area contributed by atoms with Gasteiger partial charge in [-0.1, -0.05) is 48.5 Å². The molecule has 0 N–H and O–H groups in total. The molecule has 1 fully saturated rings. The number of nitrogens with zero attached hydrogens (tertiary/aromatic N) is 2. The van der Waals surface area contributed by atoms with Crippen LogP contribution in [0.5, 0.6) is 0 Å². The van der Waals surface area contributed by atoms with Crippen LogP contribution in [-0.4, -0.2) is 43.0 Å². The van der Waals surface area contributed by atoms with Crippen LogP contribution >= 0.6 is 0 Å². The molecule has 0 unspecified atom stereocenters. The normalized spacial score (nSPS) is 14.2. The Morgan fingerprint density at radius 2 is 1.58 bits per heavy atom. The van der Waals surface area contributed by atoms with Crippen molar-refractivity contribution in [2.24, 2.45) is 0 Å². The minimum atomic E-state index is -0.233. The van der Waals surface area contributed by atoms with E-state index in [4.69, 9.17) is 4.74 Å². The molecule has 0 saturated carbocycles. The first kappa shape index (κ1) is 18.0. The summed E-state index contributed by atoms with van der Waals surface area (Å²) in [6.45, 7) is 4.86. The number of para-hydroxylation sites is 1. The molecule has 1 amide bonds.